The Hall–Kier alpha value is -1.76. The number of hydrogen-bond donors (Lipinski definition) is 0. The molecule has 0 fully saturated rings. The number of ether oxygens (including phenoxy) is 1. The van der Waals surface area contributed by atoms with Crippen LogP contribution < -0.4 is 0 Å². The van der Waals surface area contributed by atoms with Crippen LogP contribution in [-0.4, -0.2) is 22.3 Å². The van der Waals surface area contributed by atoms with Crippen LogP contribution in [0, 0.1) is 18.3 Å². The molecule has 1 unspecified atom stereocenters. The quantitative estimate of drug-likeness (QED) is 0.638. The first-order chi connectivity index (χ1) is 6.24. The lowest BCUT2D eigenvalue weighted by molar-refractivity contribution is 0.140. The van der Waals surface area contributed by atoms with E-state index in [1.54, 1.807) is 6.92 Å². The summed E-state index contributed by atoms with van der Waals surface area (Å²) in [6.45, 7) is 2.04. The summed E-state index contributed by atoms with van der Waals surface area (Å²) in [6, 6.07) is 0. The highest BCUT2D eigenvalue weighted by atomic mass is 16.5. The summed E-state index contributed by atoms with van der Waals surface area (Å²) in [7, 11) is 0. The molecule has 0 saturated heterocycles. The van der Waals surface area contributed by atoms with Gasteiger partial charge in [-0.3, -0.25) is 0 Å². The molecule has 1 atom stereocenters. The molecule has 1 aromatic heterocycles. The van der Waals surface area contributed by atoms with Crippen molar-refractivity contribution >= 4 is 6.09 Å². The van der Waals surface area contributed by atoms with Crippen LogP contribution in [0.15, 0.2) is 18.7 Å². The van der Waals surface area contributed by atoms with Crippen LogP contribution in [0.5, 0.6) is 0 Å². The van der Waals surface area contributed by atoms with Crippen LogP contribution in [0.1, 0.15) is 6.92 Å². The third-order valence-corrected chi connectivity index (χ3v) is 1.46. The van der Waals surface area contributed by atoms with Gasteiger partial charge < -0.3 is 4.74 Å². The minimum atomic E-state index is -0.459. The molecule has 0 aliphatic carbocycles. The second-order valence-corrected chi connectivity index (χ2v) is 2.61. The van der Waals surface area contributed by atoms with E-state index in [1.165, 1.54) is 23.3 Å². The average Bonchev–Trinajstić information content (AvgIpc) is 2.66. The molecule has 0 saturated carbocycles. The first-order valence-corrected chi connectivity index (χ1v) is 3.85. The maximum atomic E-state index is 11.2. The zero-order chi connectivity index (χ0) is 9.68. The van der Waals surface area contributed by atoms with Gasteiger partial charge in [0.25, 0.3) is 0 Å². The van der Waals surface area contributed by atoms with E-state index in [9.17, 15) is 4.79 Å². The summed E-state index contributed by atoms with van der Waals surface area (Å²) in [5.74, 6) is 2.40. The molecule has 13 heavy (non-hydrogen) atoms. The zero-order valence-electron chi connectivity index (χ0n) is 7.30. The lowest BCUT2D eigenvalue weighted by Gasteiger charge is -2.05. The average molecular weight is 178 g/mol. The van der Waals surface area contributed by atoms with Gasteiger partial charge in [0.05, 0.1) is 5.92 Å². The van der Waals surface area contributed by atoms with E-state index in [0.717, 1.165) is 0 Å². The third kappa shape index (κ3) is 2.64. The lowest BCUT2D eigenvalue weighted by atomic mass is 10.2. The van der Waals surface area contributed by atoms with Gasteiger partial charge in [0, 0.05) is 12.4 Å². The Labute approximate surface area is 76.5 Å². The molecule has 0 spiro atoms. The van der Waals surface area contributed by atoms with Crippen LogP contribution in [0.2, 0.25) is 0 Å². The number of nitrogens with zero attached hydrogens (tertiary/aromatic N) is 2. The van der Waals surface area contributed by atoms with Gasteiger partial charge in [-0.05, 0) is 6.92 Å². The van der Waals surface area contributed by atoms with Crippen molar-refractivity contribution in [2.24, 2.45) is 5.92 Å². The van der Waals surface area contributed by atoms with Crippen molar-refractivity contribution < 1.29 is 9.53 Å². The molecular formula is C9H10N2O2. The number of imidazole rings is 1. The highest BCUT2D eigenvalue weighted by Crippen LogP contribution is 1.96. The summed E-state index contributed by atoms with van der Waals surface area (Å²) in [4.78, 5) is 14.9. The minimum absolute atomic E-state index is 0.0625. The van der Waals surface area contributed by atoms with E-state index in [2.05, 4.69) is 10.9 Å². The number of hydrogen-bond acceptors (Lipinski definition) is 3. The Morgan fingerprint density at radius 2 is 2.62 bits per heavy atom. The van der Waals surface area contributed by atoms with E-state index in [4.69, 9.17) is 11.2 Å². The first-order valence-electron chi connectivity index (χ1n) is 3.85. The Morgan fingerprint density at radius 1 is 1.85 bits per heavy atom. The van der Waals surface area contributed by atoms with Gasteiger partial charge in [-0.1, -0.05) is 0 Å². The van der Waals surface area contributed by atoms with E-state index in [-0.39, 0.29) is 12.5 Å². The van der Waals surface area contributed by atoms with Gasteiger partial charge in [0.15, 0.2) is 0 Å². The standard InChI is InChI=1S/C9H10N2O2/c1-3-8(2)6-13-9(12)11-5-4-10-7-11/h1,4-5,7-8H,6H2,2H3. The van der Waals surface area contributed by atoms with Crippen molar-refractivity contribution in [3.8, 4) is 12.3 Å². The maximum Gasteiger partial charge on any atom is 0.419 e. The van der Waals surface area contributed by atoms with Crippen LogP contribution in [0.3, 0.4) is 0 Å². The number of carbonyl (C=O) groups is 1. The van der Waals surface area contributed by atoms with Gasteiger partial charge in [-0.25, -0.2) is 14.3 Å². The molecule has 1 aromatic rings. The number of terminal acetylenes is 1. The van der Waals surface area contributed by atoms with Crippen molar-refractivity contribution in [3.05, 3.63) is 18.7 Å². The fourth-order valence-electron chi connectivity index (χ4n) is 0.686. The van der Waals surface area contributed by atoms with E-state index >= 15 is 0 Å². The summed E-state index contributed by atoms with van der Waals surface area (Å²) in [6.07, 6.45) is 9.06. The molecular weight excluding hydrogens is 168 g/mol. The van der Waals surface area contributed by atoms with Crippen molar-refractivity contribution in [1.82, 2.24) is 9.55 Å². The number of carbonyl (C=O) groups excluding carboxylic acids is 1. The summed E-state index contributed by atoms with van der Waals surface area (Å²) >= 11 is 0. The van der Waals surface area contributed by atoms with Gasteiger partial charge >= 0.3 is 6.09 Å². The topological polar surface area (TPSA) is 44.1 Å². The first kappa shape index (κ1) is 9.33. The molecule has 4 nitrogen and oxygen atoms in total. The summed E-state index contributed by atoms with van der Waals surface area (Å²) < 4.78 is 6.13. The molecule has 0 bridgehead atoms. The molecule has 0 aliphatic rings. The monoisotopic (exact) mass is 178 g/mol. The second kappa shape index (κ2) is 4.31. The van der Waals surface area contributed by atoms with Crippen molar-refractivity contribution in [2.75, 3.05) is 6.61 Å². The van der Waals surface area contributed by atoms with Gasteiger partial charge in [0.1, 0.15) is 12.9 Å². The van der Waals surface area contributed by atoms with Crippen LogP contribution >= 0.6 is 0 Å². The van der Waals surface area contributed by atoms with Crippen LogP contribution in [0.4, 0.5) is 4.79 Å². The predicted octanol–water partition coefficient (Wildman–Crippen LogP) is 1.14. The highest BCUT2D eigenvalue weighted by Gasteiger charge is 2.06. The third-order valence-electron chi connectivity index (χ3n) is 1.46. The smallest absolute Gasteiger partial charge is 0.419 e. The molecule has 4 heteroatoms. The van der Waals surface area contributed by atoms with Gasteiger partial charge in [0.2, 0.25) is 0 Å². The normalized spacial score (nSPS) is 11.7. The van der Waals surface area contributed by atoms with Crippen molar-refractivity contribution in [3.63, 3.8) is 0 Å². The van der Waals surface area contributed by atoms with Crippen molar-refractivity contribution in [2.45, 2.75) is 6.92 Å². The zero-order valence-corrected chi connectivity index (χ0v) is 7.30. The molecule has 1 rings (SSSR count). The Kier molecular flexibility index (Phi) is 3.09. The number of aromatic nitrogens is 2. The predicted molar refractivity (Wildman–Crippen MR) is 47.0 cm³/mol. The van der Waals surface area contributed by atoms with Crippen LogP contribution in [-0.2, 0) is 4.74 Å². The minimum Gasteiger partial charge on any atom is -0.448 e. The Bertz CT molecular complexity index is 311. The Morgan fingerprint density at radius 3 is 3.15 bits per heavy atom. The maximum absolute atomic E-state index is 11.2. The number of rotatable bonds is 2. The molecule has 1 heterocycles. The van der Waals surface area contributed by atoms with Crippen molar-refractivity contribution in [1.29, 1.82) is 0 Å². The van der Waals surface area contributed by atoms with E-state index in [1.807, 2.05) is 0 Å². The van der Waals surface area contributed by atoms with E-state index < -0.39 is 6.09 Å². The summed E-state index contributed by atoms with van der Waals surface area (Å²) in [5, 5.41) is 0. The highest BCUT2D eigenvalue weighted by molar-refractivity contribution is 5.69. The molecule has 0 N–H and O–H groups in total. The molecule has 0 amide bonds. The largest absolute Gasteiger partial charge is 0.448 e. The van der Waals surface area contributed by atoms with Crippen LogP contribution in [0.25, 0.3) is 0 Å². The molecule has 0 aromatic carbocycles. The molecule has 0 aliphatic heterocycles. The molecule has 0 radical (unpaired) electrons. The summed E-state index contributed by atoms with van der Waals surface area (Å²) in [5.41, 5.74) is 0. The lowest BCUT2D eigenvalue weighted by Crippen LogP contribution is -2.15. The SMILES string of the molecule is C#CC(C)COC(=O)n1ccnc1. The Balaban J connectivity index is 2.40. The fourth-order valence-corrected chi connectivity index (χ4v) is 0.686. The second-order valence-electron chi connectivity index (χ2n) is 2.61. The molecule has 68 valence electrons. The fraction of sp³-hybridized carbons (Fsp3) is 0.333. The van der Waals surface area contributed by atoms with Gasteiger partial charge in [-0.2, -0.15) is 0 Å². The van der Waals surface area contributed by atoms with E-state index in [0.29, 0.717) is 0 Å². The van der Waals surface area contributed by atoms with Gasteiger partial charge in [-0.15, -0.1) is 12.3 Å².